The van der Waals surface area contributed by atoms with E-state index in [1.54, 1.807) is 13.8 Å². The zero-order valence-electron chi connectivity index (χ0n) is 15.0. The Hall–Kier alpha value is -1.35. The van der Waals surface area contributed by atoms with Crippen molar-refractivity contribution in [3.8, 4) is 0 Å². The van der Waals surface area contributed by atoms with Crippen LogP contribution in [0.3, 0.4) is 0 Å². The molecule has 146 valence electrons. The minimum Gasteiger partial charge on any atom is -0.382 e. The van der Waals surface area contributed by atoms with Crippen LogP contribution in [0, 0.1) is 11.8 Å². The quantitative estimate of drug-likeness (QED) is 0.653. The molecule has 1 heterocycles. The first-order chi connectivity index (χ1) is 11.4. The fourth-order valence-electron chi connectivity index (χ4n) is 2.85. The summed E-state index contributed by atoms with van der Waals surface area (Å²) in [4.78, 5) is 26.2. The number of aliphatic hydroxyl groups is 1. The van der Waals surface area contributed by atoms with Crippen LogP contribution in [0.4, 0.5) is 13.2 Å². The molecule has 1 aliphatic heterocycles. The van der Waals surface area contributed by atoms with Crippen molar-refractivity contribution in [2.75, 3.05) is 6.54 Å². The van der Waals surface area contributed by atoms with E-state index >= 15 is 0 Å². The van der Waals surface area contributed by atoms with Crippen LogP contribution in [0.1, 0.15) is 40.5 Å². The molecule has 0 saturated carbocycles. The summed E-state index contributed by atoms with van der Waals surface area (Å²) in [6, 6.07) is -3.11. The van der Waals surface area contributed by atoms with E-state index in [0.29, 0.717) is 19.4 Å². The maximum Gasteiger partial charge on any atom is 0.416 e. The number of aliphatic hydroxyl groups excluding tert-OH is 1. The molecule has 1 aliphatic rings. The molecule has 1 saturated heterocycles. The fourth-order valence-corrected chi connectivity index (χ4v) is 2.85. The normalized spacial score (nSPS) is 22.2. The molecule has 0 aromatic heterocycles. The number of hydrogen-bond acceptors (Lipinski definition) is 4. The van der Waals surface area contributed by atoms with Gasteiger partial charge in [-0.2, -0.15) is 13.2 Å². The second-order valence-corrected chi connectivity index (χ2v) is 7.22. The summed E-state index contributed by atoms with van der Waals surface area (Å²) in [5, 5.41) is 11.8. The summed E-state index contributed by atoms with van der Waals surface area (Å²) in [7, 11) is 0. The average molecular weight is 367 g/mol. The lowest BCUT2D eigenvalue weighted by Crippen LogP contribution is -2.58. The molecule has 6 nitrogen and oxygen atoms in total. The van der Waals surface area contributed by atoms with Crippen LogP contribution in [0.15, 0.2) is 0 Å². The summed E-state index contributed by atoms with van der Waals surface area (Å²) in [6.07, 6.45) is -6.58. The van der Waals surface area contributed by atoms with Crippen molar-refractivity contribution in [2.24, 2.45) is 17.6 Å². The maximum absolute atomic E-state index is 12.8. The molecule has 0 aromatic carbocycles. The van der Waals surface area contributed by atoms with Gasteiger partial charge in [0.25, 0.3) is 0 Å². The molecule has 0 radical (unpaired) electrons. The van der Waals surface area contributed by atoms with Crippen molar-refractivity contribution >= 4 is 11.8 Å². The third kappa shape index (κ3) is 5.31. The zero-order valence-corrected chi connectivity index (χ0v) is 15.0. The lowest BCUT2D eigenvalue weighted by atomic mass is 9.97. The van der Waals surface area contributed by atoms with Crippen LogP contribution >= 0.6 is 0 Å². The van der Waals surface area contributed by atoms with Crippen molar-refractivity contribution in [3.63, 3.8) is 0 Å². The molecule has 0 aliphatic carbocycles. The smallest absolute Gasteiger partial charge is 0.382 e. The number of rotatable bonds is 6. The summed E-state index contributed by atoms with van der Waals surface area (Å²) >= 11 is 0. The highest BCUT2D eigenvalue weighted by atomic mass is 19.4. The number of amides is 2. The first-order valence-electron chi connectivity index (χ1n) is 8.49. The minimum absolute atomic E-state index is 0.118. The summed E-state index contributed by atoms with van der Waals surface area (Å²) < 4.78 is 38.4. The van der Waals surface area contributed by atoms with Gasteiger partial charge >= 0.3 is 6.18 Å². The van der Waals surface area contributed by atoms with E-state index in [1.807, 2.05) is 0 Å². The molecule has 2 amide bonds. The van der Waals surface area contributed by atoms with E-state index in [2.05, 4.69) is 5.32 Å². The molecule has 4 N–H and O–H groups in total. The molecule has 0 spiro atoms. The van der Waals surface area contributed by atoms with E-state index in [9.17, 15) is 27.9 Å². The van der Waals surface area contributed by atoms with Gasteiger partial charge in [0.15, 0.2) is 6.10 Å². The van der Waals surface area contributed by atoms with E-state index in [-0.39, 0.29) is 11.8 Å². The van der Waals surface area contributed by atoms with Gasteiger partial charge in [0.05, 0.1) is 12.1 Å². The Morgan fingerprint density at radius 3 is 2.20 bits per heavy atom. The molecular formula is C16H28F3N3O3. The van der Waals surface area contributed by atoms with Gasteiger partial charge in [0.1, 0.15) is 6.04 Å². The third-order valence-corrected chi connectivity index (χ3v) is 4.54. The summed E-state index contributed by atoms with van der Waals surface area (Å²) in [5.74, 6) is -1.83. The van der Waals surface area contributed by atoms with E-state index in [4.69, 9.17) is 5.73 Å². The Morgan fingerprint density at radius 2 is 1.76 bits per heavy atom. The van der Waals surface area contributed by atoms with E-state index in [0.717, 1.165) is 0 Å². The fraction of sp³-hybridized carbons (Fsp3) is 0.875. The highest BCUT2D eigenvalue weighted by molar-refractivity contribution is 5.90. The Labute approximate surface area is 145 Å². The number of hydrogen-bond donors (Lipinski definition) is 3. The number of carbonyl (C=O) groups is 2. The van der Waals surface area contributed by atoms with Gasteiger partial charge in [-0.05, 0) is 24.7 Å². The number of likely N-dealkylation sites (tertiary alicyclic amines) is 1. The summed E-state index contributed by atoms with van der Waals surface area (Å²) in [6.45, 7) is 6.86. The Morgan fingerprint density at radius 1 is 1.20 bits per heavy atom. The predicted molar refractivity (Wildman–Crippen MR) is 86.4 cm³/mol. The van der Waals surface area contributed by atoms with Crippen LogP contribution < -0.4 is 11.1 Å². The second-order valence-electron chi connectivity index (χ2n) is 7.22. The molecule has 0 aromatic rings. The number of carbonyl (C=O) groups excluding carboxylic acids is 2. The first-order valence-corrected chi connectivity index (χ1v) is 8.49. The monoisotopic (exact) mass is 367 g/mol. The van der Waals surface area contributed by atoms with Gasteiger partial charge in [0.2, 0.25) is 11.8 Å². The van der Waals surface area contributed by atoms with Crippen LogP contribution in [0.2, 0.25) is 0 Å². The number of alkyl halides is 3. The van der Waals surface area contributed by atoms with Gasteiger partial charge < -0.3 is 21.1 Å². The molecule has 0 bridgehead atoms. The topological polar surface area (TPSA) is 95.7 Å². The lowest BCUT2D eigenvalue weighted by Gasteiger charge is -2.32. The highest BCUT2D eigenvalue weighted by Gasteiger charge is 2.46. The highest BCUT2D eigenvalue weighted by Crippen LogP contribution is 2.26. The van der Waals surface area contributed by atoms with Gasteiger partial charge in [-0.15, -0.1) is 0 Å². The van der Waals surface area contributed by atoms with Gasteiger partial charge in [-0.1, -0.05) is 27.7 Å². The average Bonchev–Trinajstić information content (AvgIpc) is 2.98. The number of nitrogens with two attached hydrogens (primary N) is 1. The zero-order chi connectivity index (χ0) is 19.5. The van der Waals surface area contributed by atoms with Crippen molar-refractivity contribution in [2.45, 2.75) is 70.9 Å². The van der Waals surface area contributed by atoms with Gasteiger partial charge in [-0.25, -0.2) is 0 Å². The number of halogens is 3. The molecule has 1 rings (SSSR count). The third-order valence-electron chi connectivity index (χ3n) is 4.54. The Kier molecular flexibility index (Phi) is 7.25. The van der Waals surface area contributed by atoms with Crippen LogP contribution in [0.25, 0.3) is 0 Å². The molecular weight excluding hydrogens is 339 g/mol. The van der Waals surface area contributed by atoms with Crippen LogP contribution in [-0.2, 0) is 9.59 Å². The van der Waals surface area contributed by atoms with E-state index in [1.165, 1.54) is 18.7 Å². The minimum atomic E-state index is -4.84. The van der Waals surface area contributed by atoms with Crippen molar-refractivity contribution in [1.29, 1.82) is 0 Å². The van der Waals surface area contributed by atoms with Crippen LogP contribution in [-0.4, -0.2) is 58.8 Å². The second kappa shape index (κ2) is 8.35. The first kappa shape index (κ1) is 21.7. The van der Waals surface area contributed by atoms with Crippen molar-refractivity contribution in [3.05, 3.63) is 0 Å². The van der Waals surface area contributed by atoms with Gasteiger partial charge in [0, 0.05) is 6.54 Å². The predicted octanol–water partition coefficient (Wildman–Crippen LogP) is 1.02. The van der Waals surface area contributed by atoms with Gasteiger partial charge in [-0.3, -0.25) is 9.59 Å². The largest absolute Gasteiger partial charge is 0.416 e. The summed E-state index contributed by atoms with van der Waals surface area (Å²) in [5.41, 5.74) is 5.85. The Balaban J connectivity index is 2.88. The standard InChI is InChI=1S/C16H28F3N3O3/c1-8(2)11(20)15(25)22-7-5-6-10(22)14(24)21-12(9(3)4)13(23)16(17,18)19/h8-13,23H,5-7,20H2,1-4H3,(H,21,24)/t10-,11?,12?,13+/m0/s1. The molecule has 1 fully saturated rings. The van der Waals surface area contributed by atoms with Crippen molar-refractivity contribution in [1.82, 2.24) is 10.2 Å². The molecule has 2 unspecified atom stereocenters. The van der Waals surface area contributed by atoms with E-state index < -0.39 is 42.2 Å². The number of nitrogens with zero attached hydrogens (tertiary/aromatic N) is 1. The maximum atomic E-state index is 12.8. The molecule has 25 heavy (non-hydrogen) atoms. The molecule has 4 atom stereocenters. The van der Waals surface area contributed by atoms with Crippen molar-refractivity contribution < 1.29 is 27.9 Å². The molecule has 9 heteroatoms. The lowest BCUT2D eigenvalue weighted by molar-refractivity contribution is -0.215. The number of nitrogens with one attached hydrogen (secondary N) is 1. The SMILES string of the molecule is CC(C)C(N)C(=O)N1CCC[C@H]1C(=O)NC(C(C)C)[C@@H](O)C(F)(F)F. The Bertz CT molecular complexity index is 483. The van der Waals surface area contributed by atoms with Crippen LogP contribution in [0.5, 0.6) is 0 Å².